The van der Waals surface area contributed by atoms with Gasteiger partial charge in [-0.05, 0) is 46.8 Å². The fraction of sp³-hybridized carbons (Fsp3) is 0.588. The zero-order valence-corrected chi connectivity index (χ0v) is 15.5. The highest BCUT2D eigenvalue weighted by atomic mass is 35.5. The third-order valence-electron chi connectivity index (χ3n) is 3.83. The summed E-state index contributed by atoms with van der Waals surface area (Å²) in [5.74, 6) is 0. The topological polar surface area (TPSA) is 18.8 Å². The average molecular weight is 342 g/mol. The summed E-state index contributed by atoms with van der Waals surface area (Å²) in [6.45, 7) is 12.5. The Morgan fingerprint density at radius 1 is 1.05 bits per heavy atom. The Balaban J connectivity index is 2.33. The van der Waals surface area contributed by atoms with Gasteiger partial charge >= 0.3 is 0 Å². The molecule has 122 valence electrons. The molecule has 3 nitrogen and oxygen atoms in total. The largest absolute Gasteiger partial charge is 0.349 e. The van der Waals surface area contributed by atoms with Crippen molar-refractivity contribution < 1.29 is 0 Å². The maximum absolute atomic E-state index is 6.21. The Kier molecular flexibility index (Phi) is 5.29. The van der Waals surface area contributed by atoms with E-state index in [1.54, 1.807) is 0 Å². The quantitative estimate of drug-likeness (QED) is 0.697. The Bertz CT molecular complexity index is 527. The van der Waals surface area contributed by atoms with Crippen molar-refractivity contribution >= 4 is 40.8 Å². The van der Waals surface area contributed by atoms with Crippen LogP contribution >= 0.6 is 23.2 Å². The van der Waals surface area contributed by atoms with Crippen LogP contribution in [0.5, 0.6) is 0 Å². The van der Waals surface area contributed by atoms with Crippen LogP contribution in [0.2, 0.25) is 10.0 Å². The van der Waals surface area contributed by atoms with Crippen LogP contribution in [0.25, 0.3) is 0 Å². The SMILES string of the molecule is CCN1c2cc(Cl)c(Cl)cc2N(CC)C1CC=NC(C)(C)C. The monoisotopic (exact) mass is 341 g/mol. The summed E-state index contributed by atoms with van der Waals surface area (Å²) in [6.07, 6.45) is 3.19. The minimum Gasteiger partial charge on any atom is -0.349 e. The second-order valence-electron chi connectivity index (χ2n) is 6.53. The molecule has 0 bridgehead atoms. The predicted molar refractivity (Wildman–Crippen MR) is 99.2 cm³/mol. The highest BCUT2D eigenvalue weighted by molar-refractivity contribution is 6.42. The number of halogens is 2. The zero-order chi connectivity index (χ0) is 16.5. The molecule has 5 heteroatoms. The van der Waals surface area contributed by atoms with Crippen molar-refractivity contribution in [1.29, 1.82) is 0 Å². The minimum atomic E-state index is -0.0356. The van der Waals surface area contributed by atoms with Crippen LogP contribution in [-0.4, -0.2) is 31.0 Å². The van der Waals surface area contributed by atoms with Crippen molar-refractivity contribution in [3.63, 3.8) is 0 Å². The minimum absolute atomic E-state index is 0.0356. The third-order valence-corrected chi connectivity index (χ3v) is 4.55. The lowest BCUT2D eigenvalue weighted by Gasteiger charge is -2.31. The van der Waals surface area contributed by atoms with E-state index >= 15 is 0 Å². The maximum Gasteiger partial charge on any atom is 0.107 e. The summed E-state index contributed by atoms with van der Waals surface area (Å²) in [5.41, 5.74) is 2.28. The average Bonchev–Trinajstić information content (AvgIpc) is 2.70. The molecule has 1 aliphatic rings. The summed E-state index contributed by atoms with van der Waals surface area (Å²) >= 11 is 12.4. The fourth-order valence-electron chi connectivity index (χ4n) is 2.91. The first-order valence-corrected chi connectivity index (χ1v) is 8.60. The van der Waals surface area contributed by atoms with E-state index in [4.69, 9.17) is 23.2 Å². The molecule has 0 atom stereocenters. The second-order valence-corrected chi connectivity index (χ2v) is 7.34. The number of hydrogen-bond acceptors (Lipinski definition) is 3. The molecule has 0 aromatic heterocycles. The summed E-state index contributed by atoms with van der Waals surface area (Å²) in [5, 5.41) is 1.22. The van der Waals surface area contributed by atoms with Gasteiger partial charge in [-0.3, -0.25) is 4.99 Å². The Morgan fingerprint density at radius 2 is 1.50 bits per heavy atom. The molecule has 22 heavy (non-hydrogen) atoms. The molecule has 0 aliphatic carbocycles. The number of benzene rings is 1. The van der Waals surface area contributed by atoms with Crippen LogP contribution in [0.4, 0.5) is 11.4 Å². The highest BCUT2D eigenvalue weighted by Gasteiger charge is 2.34. The lowest BCUT2D eigenvalue weighted by Crippen LogP contribution is -2.43. The standard InChI is InChI=1S/C17H25Cl2N3/c1-6-21-14-10-12(18)13(19)11-15(14)22(7-2)16(21)8-9-20-17(3,4)5/h9-11,16H,6-8H2,1-5H3. The molecule has 1 aliphatic heterocycles. The maximum atomic E-state index is 6.21. The molecule has 0 spiro atoms. The van der Waals surface area contributed by atoms with Crippen LogP contribution in [0.1, 0.15) is 41.0 Å². The van der Waals surface area contributed by atoms with E-state index in [0.29, 0.717) is 10.0 Å². The second kappa shape index (κ2) is 6.67. The highest BCUT2D eigenvalue weighted by Crippen LogP contribution is 2.44. The number of nitrogens with zero attached hydrogens (tertiary/aromatic N) is 3. The molecule has 0 fully saturated rings. The van der Waals surface area contributed by atoms with Gasteiger partial charge in [0.15, 0.2) is 0 Å². The molecule has 1 aromatic carbocycles. The van der Waals surface area contributed by atoms with Crippen LogP contribution < -0.4 is 9.80 Å². The lowest BCUT2D eigenvalue weighted by atomic mass is 10.1. The van der Waals surface area contributed by atoms with Gasteiger partial charge in [-0.25, -0.2) is 0 Å². The Morgan fingerprint density at radius 3 is 1.86 bits per heavy atom. The van der Waals surface area contributed by atoms with Gasteiger partial charge in [-0.2, -0.15) is 0 Å². The van der Waals surface area contributed by atoms with Gasteiger partial charge in [0.2, 0.25) is 0 Å². The van der Waals surface area contributed by atoms with Crippen molar-refractivity contribution in [3.05, 3.63) is 22.2 Å². The normalized spacial score (nSPS) is 16.0. The molecular formula is C17H25Cl2N3. The van der Waals surface area contributed by atoms with E-state index in [1.165, 1.54) is 0 Å². The van der Waals surface area contributed by atoms with Gasteiger partial charge in [0.05, 0.1) is 27.0 Å². The molecule has 0 radical (unpaired) electrons. The van der Waals surface area contributed by atoms with Crippen LogP contribution in [0.15, 0.2) is 17.1 Å². The van der Waals surface area contributed by atoms with E-state index in [1.807, 2.05) is 18.3 Å². The van der Waals surface area contributed by atoms with Crippen LogP contribution in [0.3, 0.4) is 0 Å². The summed E-state index contributed by atoms with van der Waals surface area (Å²) in [7, 11) is 0. The number of anilines is 2. The Labute approximate surface area is 143 Å². The molecule has 1 heterocycles. The first-order valence-electron chi connectivity index (χ1n) is 7.84. The lowest BCUT2D eigenvalue weighted by molar-refractivity contribution is 0.576. The first-order chi connectivity index (χ1) is 10.3. The number of aliphatic imine (C=N–C) groups is 1. The smallest absolute Gasteiger partial charge is 0.107 e. The zero-order valence-electron chi connectivity index (χ0n) is 14.0. The predicted octanol–water partition coefficient (Wildman–Crippen LogP) is 5.25. The van der Waals surface area contributed by atoms with Crippen molar-refractivity contribution in [1.82, 2.24) is 0 Å². The van der Waals surface area contributed by atoms with Gasteiger partial charge in [-0.1, -0.05) is 23.2 Å². The summed E-state index contributed by atoms with van der Waals surface area (Å²) in [6, 6.07) is 3.96. The van der Waals surface area contributed by atoms with Crippen molar-refractivity contribution in [2.24, 2.45) is 4.99 Å². The number of hydrogen-bond donors (Lipinski definition) is 0. The van der Waals surface area contributed by atoms with Crippen LogP contribution in [0, 0.1) is 0 Å². The molecule has 0 saturated heterocycles. The van der Waals surface area contributed by atoms with E-state index in [-0.39, 0.29) is 11.7 Å². The van der Waals surface area contributed by atoms with Crippen LogP contribution in [-0.2, 0) is 0 Å². The fourth-order valence-corrected chi connectivity index (χ4v) is 3.23. The molecule has 0 N–H and O–H groups in total. The summed E-state index contributed by atoms with van der Waals surface area (Å²) < 4.78 is 0. The molecule has 2 rings (SSSR count). The van der Waals surface area contributed by atoms with Gasteiger partial charge in [0.1, 0.15) is 6.17 Å². The number of fused-ring (bicyclic) bond motifs is 1. The molecule has 0 unspecified atom stereocenters. The van der Waals surface area contributed by atoms with E-state index in [9.17, 15) is 0 Å². The van der Waals surface area contributed by atoms with Gasteiger partial charge in [0, 0.05) is 25.7 Å². The van der Waals surface area contributed by atoms with Gasteiger partial charge in [0.25, 0.3) is 0 Å². The van der Waals surface area contributed by atoms with Crippen molar-refractivity contribution in [3.8, 4) is 0 Å². The van der Waals surface area contributed by atoms with E-state index < -0.39 is 0 Å². The van der Waals surface area contributed by atoms with Gasteiger partial charge < -0.3 is 9.80 Å². The van der Waals surface area contributed by atoms with E-state index in [2.05, 4.69) is 49.4 Å². The Hall–Kier alpha value is -0.930. The van der Waals surface area contributed by atoms with Gasteiger partial charge in [-0.15, -0.1) is 0 Å². The third kappa shape index (κ3) is 3.52. The van der Waals surface area contributed by atoms with Crippen molar-refractivity contribution in [2.45, 2.75) is 52.7 Å². The van der Waals surface area contributed by atoms with E-state index in [0.717, 1.165) is 30.9 Å². The first kappa shape index (κ1) is 17.4. The summed E-state index contributed by atoms with van der Waals surface area (Å²) in [4.78, 5) is 9.37. The molecular weight excluding hydrogens is 317 g/mol. The molecule has 0 saturated carbocycles. The molecule has 1 aromatic rings. The number of rotatable bonds is 4. The van der Waals surface area contributed by atoms with Crippen molar-refractivity contribution in [2.75, 3.05) is 22.9 Å². The molecule has 0 amide bonds.